The zero-order valence-corrected chi connectivity index (χ0v) is 13.7. The van der Waals surface area contributed by atoms with E-state index in [1.807, 2.05) is 20.8 Å². The summed E-state index contributed by atoms with van der Waals surface area (Å²) in [5, 5.41) is 4.98. The molecule has 0 saturated carbocycles. The van der Waals surface area contributed by atoms with Crippen molar-refractivity contribution in [2.75, 3.05) is 10.5 Å². The van der Waals surface area contributed by atoms with E-state index in [0.29, 0.717) is 6.42 Å². The number of hydrogen-bond acceptors (Lipinski definition) is 4. The Hall–Kier alpha value is -1.19. The Bertz CT molecular complexity index is 722. The number of hydrogen-bond donors (Lipinski definition) is 2. The van der Waals surface area contributed by atoms with Gasteiger partial charge in [-0.15, -0.1) is 0 Å². The predicted molar refractivity (Wildman–Crippen MR) is 79.3 cm³/mol. The molecule has 9 heteroatoms. The van der Waals surface area contributed by atoms with E-state index in [2.05, 4.69) is 4.72 Å². The van der Waals surface area contributed by atoms with E-state index in [-0.39, 0.29) is 16.9 Å². The second-order valence-corrected chi connectivity index (χ2v) is 9.29. The van der Waals surface area contributed by atoms with Gasteiger partial charge in [-0.25, -0.2) is 26.4 Å². The molecule has 1 aromatic rings. The van der Waals surface area contributed by atoms with Gasteiger partial charge in [0, 0.05) is 0 Å². The smallest absolute Gasteiger partial charge is 0.240 e. The van der Waals surface area contributed by atoms with Crippen molar-refractivity contribution < 1.29 is 21.2 Å². The molecule has 0 radical (unpaired) electrons. The Kier molecular flexibility index (Phi) is 5.01. The average Bonchev–Trinajstić information content (AvgIpc) is 2.23. The zero-order chi connectivity index (χ0) is 16.5. The predicted octanol–water partition coefficient (Wildman–Crippen LogP) is 1.65. The quantitative estimate of drug-likeness (QED) is 0.851. The van der Waals surface area contributed by atoms with E-state index in [4.69, 9.17) is 5.14 Å². The molecule has 0 bridgehead atoms. The van der Waals surface area contributed by atoms with Crippen LogP contribution in [0.2, 0.25) is 0 Å². The molecule has 0 fully saturated rings. The van der Waals surface area contributed by atoms with Gasteiger partial charge in [0.05, 0.1) is 11.4 Å². The van der Waals surface area contributed by atoms with E-state index >= 15 is 0 Å². The van der Waals surface area contributed by atoms with Crippen molar-refractivity contribution in [3.05, 3.63) is 24.0 Å². The van der Waals surface area contributed by atoms with Crippen LogP contribution in [0, 0.1) is 11.2 Å². The molecule has 0 spiro atoms. The summed E-state index contributed by atoms with van der Waals surface area (Å²) in [7, 11) is -7.96. The Morgan fingerprint density at radius 1 is 1.19 bits per heavy atom. The average molecular weight is 338 g/mol. The van der Waals surface area contributed by atoms with Crippen LogP contribution in [0.3, 0.4) is 0 Å². The van der Waals surface area contributed by atoms with Gasteiger partial charge in [0.25, 0.3) is 0 Å². The van der Waals surface area contributed by atoms with E-state index in [1.54, 1.807) is 0 Å². The molecular formula is C12H19FN2O4S2. The van der Waals surface area contributed by atoms with Gasteiger partial charge in [-0.3, -0.25) is 4.72 Å². The van der Waals surface area contributed by atoms with Crippen LogP contribution in [0.15, 0.2) is 23.1 Å². The fraction of sp³-hybridized carbons (Fsp3) is 0.500. The van der Waals surface area contributed by atoms with Crippen molar-refractivity contribution in [3.63, 3.8) is 0 Å². The summed E-state index contributed by atoms with van der Waals surface area (Å²) in [6, 6.07) is 2.60. The minimum atomic E-state index is -4.16. The van der Waals surface area contributed by atoms with Crippen LogP contribution in [-0.4, -0.2) is 22.6 Å². The Morgan fingerprint density at radius 2 is 1.76 bits per heavy atom. The lowest BCUT2D eigenvalue weighted by Gasteiger charge is -2.18. The van der Waals surface area contributed by atoms with Crippen LogP contribution in [0.25, 0.3) is 0 Å². The topological polar surface area (TPSA) is 106 Å². The molecule has 21 heavy (non-hydrogen) atoms. The summed E-state index contributed by atoms with van der Waals surface area (Å²) in [4.78, 5) is -0.469. The first-order valence-electron chi connectivity index (χ1n) is 6.13. The highest BCUT2D eigenvalue weighted by Crippen LogP contribution is 2.24. The monoisotopic (exact) mass is 338 g/mol. The van der Waals surface area contributed by atoms with Gasteiger partial charge >= 0.3 is 0 Å². The molecule has 1 rings (SSSR count). The molecule has 0 aliphatic carbocycles. The van der Waals surface area contributed by atoms with Gasteiger partial charge in [-0.2, -0.15) is 0 Å². The summed E-state index contributed by atoms with van der Waals surface area (Å²) >= 11 is 0. The van der Waals surface area contributed by atoms with Crippen LogP contribution in [-0.2, 0) is 20.0 Å². The van der Waals surface area contributed by atoms with Crippen molar-refractivity contribution in [3.8, 4) is 0 Å². The van der Waals surface area contributed by atoms with Gasteiger partial charge in [-0.1, -0.05) is 20.8 Å². The largest absolute Gasteiger partial charge is 0.282 e. The van der Waals surface area contributed by atoms with Gasteiger partial charge < -0.3 is 0 Å². The lowest BCUT2D eigenvalue weighted by molar-refractivity contribution is 0.397. The first-order valence-corrected chi connectivity index (χ1v) is 9.33. The first-order chi connectivity index (χ1) is 9.30. The standard InChI is InChI=1S/C12H19FN2O4S2/c1-12(2,3)6-7-20(16,17)15-10-8-9(13)4-5-11(10)21(14,18)19/h4-5,8,15H,6-7H2,1-3H3,(H2,14,18,19). The number of nitrogens with two attached hydrogens (primary N) is 1. The zero-order valence-electron chi connectivity index (χ0n) is 12.1. The van der Waals surface area contributed by atoms with Gasteiger partial charge in [0.15, 0.2) is 0 Å². The van der Waals surface area contributed by atoms with E-state index < -0.39 is 30.8 Å². The molecule has 0 amide bonds. The van der Waals surface area contributed by atoms with Gasteiger partial charge in [-0.05, 0) is 30.0 Å². The van der Waals surface area contributed by atoms with E-state index in [9.17, 15) is 21.2 Å². The molecule has 6 nitrogen and oxygen atoms in total. The lowest BCUT2D eigenvalue weighted by Crippen LogP contribution is -2.23. The SMILES string of the molecule is CC(C)(C)CCS(=O)(=O)Nc1cc(F)ccc1S(N)(=O)=O. The second kappa shape index (κ2) is 5.90. The van der Waals surface area contributed by atoms with Gasteiger partial charge in [0.2, 0.25) is 20.0 Å². The maximum absolute atomic E-state index is 13.2. The number of rotatable bonds is 5. The highest BCUT2D eigenvalue weighted by Gasteiger charge is 2.21. The molecule has 0 unspecified atom stereocenters. The van der Waals surface area contributed by atoms with Crippen LogP contribution in [0.4, 0.5) is 10.1 Å². The highest BCUT2D eigenvalue weighted by molar-refractivity contribution is 7.93. The summed E-state index contributed by atoms with van der Waals surface area (Å²) in [6.45, 7) is 5.63. The number of primary sulfonamides is 1. The Morgan fingerprint density at radius 3 is 2.24 bits per heavy atom. The number of benzene rings is 1. The fourth-order valence-electron chi connectivity index (χ4n) is 1.49. The summed E-state index contributed by atoms with van der Waals surface area (Å²) < 4.78 is 62.0. The van der Waals surface area contributed by atoms with Crippen molar-refractivity contribution in [1.29, 1.82) is 0 Å². The van der Waals surface area contributed by atoms with Crippen molar-refractivity contribution in [1.82, 2.24) is 0 Å². The second-order valence-electron chi connectivity index (χ2n) is 5.92. The van der Waals surface area contributed by atoms with Crippen molar-refractivity contribution in [2.45, 2.75) is 32.1 Å². The van der Waals surface area contributed by atoms with Crippen LogP contribution >= 0.6 is 0 Å². The summed E-state index contributed by atoms with van der Waals surface area (Å²) in [6.07, 6.45) is 0.363. The minimum absolute atomic E-state index is 0.209. The van der Waals surface area contributed by atoms with E-state index in [0.717, 1.165) is 18.2 Å². The Balaban J connectivity index is 3.10. The third-order valence-corrected chi connectivity index (χ3v) is 4.88. The molecule has 3 N–H and O–H groups in total. The fourth-order valence-corrected chi connectivity index (χ4v) is 3.72. The Labute approximate surface area is 124 Å². The molecule has 0 aliphatic rings. The third kappa shape index (κ3) is 5.98. The molecule has 120 valence electrons. The van der Waals surface area contributed by atoms with E-state index in [1.165, 1.54) is 0 Å². The summed E-state index contributed by atoms with van der Waals surface area (Å²) in [5.41, 5.74) is -0.592. The molecule has 1 aromatic carbocycles. The first kappa shape index (κ1) is 17.9. The maximum Gasteiger partial charge on any atom is 0.240 e. The molecule has 0 aromatic heterocycles. The number of sulfonamides is 2. The molecule has 0 aliphatic heterocycles. The van der Waals surface area contributed by atoms with Gasteiger partial charge in [0.1, 0.15) is 10.7 Å². The third-order valence-electron chi connectivity index (χ3n) is 2.63. The highest BCUT2D eigenvalue weighted by atomic mass is 32.2. The van der Waals surface area contributed by atoms with Crippen molar-refractivity contribution >= 4 is 25.7 Å². The lowest BCUT2D eigenvalue weighted by atomic mass is 9.94. The molecular weight excluding hydrogens is 319 g/mol. The number of anilines is 1. The van der Waals surface area contributed by atoms with Crippen LogP contribution < -0.4 is 9.86 Å². The molecule has 0 heterocycles. The normalized spacial score (nSPS) is 13.2. The molecule has 0 saturated heterocycles. The number of nitrogens with one attached hydrogen (secondary N) is 1. The summed E-state index contributed by atoms with van der Waals surface area (Å²) in [5.74, 6) is -0.979. The van der Waals surface area contributed by atoms with Crippen molar-refractivity contribution in [2.24, 2.45) is 10.6 Å². The molecule has 0 atom stereocenters. The van der Waals surface area contributed by atoms with Crippen LogP contribution in [0.1, 0.15) is 27.2 Å². The maximum atomic E-state index is 13.2. The minimum Gasteiger partial charge on any atom is -0.282 e. The number of halogens is 1. The van der Waals surface area contributed by atoms with Crippen LogP contribution in [0.5, 0.6) is 0 Å².